The molecule has 0 aromatic heterocycles. The van der Waals surface area contributed by atoms with Gasteiger partial charge in [-0.25, -0.2) is 12.8 Å². The summed E-state index contributed by atoms with van der Waals surface area (Å²) in [6.07, 6.45) is 0.131. The van der Waals surface area contributed by atoms with E-state index in [1.807, 2.05) is 58.0 Å². The second kappa shape index (κ2) is 14.4. The topological polar surface area (TPSA) is 86.8 Å². The SMILES string of the molecule is Cc1ccc(S(=O)(=O)N(CC(=O)N(Cc2ccccc2F)[C@@H](Cc2ccccc2)C(=O)NC(C)(C)C)c2ccc(Br)cc2)cc1. The maximum atomic E-state index is 15.0. The van der Waals surface area contributed by atoms with Crippen molar-refractivity contribution in [2.24, 2.45) is 0 Å². The van der Waals surface area contributed by atoms with Crippen LogP contribution in [0.3, 0.4) is 0 Å². The number of halogens is 2. The van der Waals surface area contributed by atoms with Gasteiger partial charge in [0.15, 0.2) is 0 Å². The summed E-state index contributed by atoms with van der Waals surface area (Å²) < 4.78 is 45.0. The lowest BCUT2D eigenvalue weighted by Crippen LogP contribution is -2.56. The first-order chi connectivity index (χ1) is 21.2. The van der Waals surface area contributed by atoms with Gasteiger partial charge in [-0.3, -0.25) is 13.9 Å². The molecule has 0 saturated carbocycles. The molecule has 0 heterocycles. The van der Waals surface area contributed by atoms with Gasteiger partial charge in [0.25, 0.3) is 10.0 Å². The van der Waals surface area contributed by atoms with Gasteiger partial charge in [0, 0.05) is 28.5 Å². The van der Waals surface area contributed by atoms with Gasteiger partial charge in [-0.05, 0) is 75.7 Å². The molecule has 7 nitrogen and oxygen atoms in total. The van der Waals surface area contributed by atoms with Gasteiger partial charge >= 0.3 is 0 Å². The van der Waals surface area contributed by atoms with Crippen molar-refractivity contribution in [2.45, 2.75) is 57.1 Å². The van der Waals surface area contributed by atoms with E-state index in [1.54, 1.807) is 54.6 Å². The van der Waals surface area contributed by atoms with Crippen LogP contribution in [0.5, 0.6) is 0 Å². The smallest absolute Gasteiger partial charge is 0.264 e. The fourth-order valence-corrected chi connectivity index (χ4v) is 6.47. The minimum atomic E-state index is -4.23. The molecule has 0 aliphatic carbocycles. The summed E-state index contributed by atoms with van der Waals surface area (Å²) in [5.41, 5.74) is 1.50. The molecule has 45 heavy (non-hydrogen) atoms. The molecule has 10 heteroatoms. The van der Waals surface area contributed by atoms with E-state index < -0.39 is 45.8 Å². The summed E-state index contributed by atoms with van der Waals surface area (Å²) in [4.78, 5) is 29.6. The Labute approximate surface area is 273 Å². The number of aryl methyl sites for hydroxylation is 1. The number of amides is 2. The van der Waals surface area contributed by atoms with Crippen LogP contribution in [0.25, 0.3) is 0 Å². The number of rotatable bonds is 11. The highest BCUT2D eigenvalue weighted by Gasteiger charge is 2.36. The number of anilines is 1. The third-order valence-corrected chi connectivity index (χ3v) is 9.39. The molecule has 0 bridgehead atoms. The Bertz CT molecular complexity index is 1730. The average Bonchev–Trinajstić information content (AvgIpc) is 2.99. The Morgan fingerprint density at radius 2 is 1.47 bits per heavy atom. The van der Waals surface area contributed by atoms with Crippen LogP contribution in [-0.4, -0.2) is 43.3 Å². The Hall–Kier alpha value is -4.02. The van der Waals surface area contributed by atoms with Crippen LogP contribution in [0.1, 0.15) is 37.5 Å². The van der Waals surface area contributed by atoms with Gasteiger partial charge in [0.05, 0.1) is 10.6 Å². The quantitative estimate of drug-likeness (QED) is 0.191. The van der Waals surface area contributed by atoms with E-state index in [0.717, 1.165) is 19.9 Å². The predicted octanol–water partition coefficient (Wildman–Crippen LogP) is 6.65. The van der Waals surface area contributed by atoms with Crippen LogP contribution in [-0.2, 0) is 32.6 Å². The van der Waals surface area contributed by atoms with E-state index in [-0.39, 0.29) is 29.1 Å². The fraction of sp³-hybridized carbons (Fsp3) is 0.257. The number of benzene rings is 4. The second-order valence-electron chi connectivity index (χ2n) is 11.9. The predicted molar refractivity (Wildman–Crippen MR) is 179 cm³/mol. The number of hydrogen-bond acceptors (Lipinski definition) is 4. The highest BCUT2D eigenvalue weighted by molar-refractivity contribution is 9.10. The summed E-state index contributed by atoms with van der Waals surface area (Å²) >= 11 is 3.38. The van der Waals surface area contributed by atoms with Crippen molar-refractivity contribution in [3.63, 3.8) is 0 Å². The minimum Gasteiger partial charge on any atom is -0.350 e. The minimum absolute atomic E-state index is 0.00998. The molecule has 0 aliphatic heterocycles. The third kappa shape index (κ3) is 9.02. The summed E-state index contributed by atoms with van der Waals surface area (Å²) in [5, 5.41) is 2.96. The first kappa shape index (κ1) is 33.9. The largest absolute Gasteiger partial charge is 0.350 e. The van der Waals surface area contributed by atoms with Crippen molar-refractivity contribution in [1.82, 2.24) is 10.2 Å². The summed E-state index contributed by atoms with van der Waals surface area (Å²) in [6, 6.07) is 27.1. The van der Waals surface area contributed by atoms with Crippen LogP contribution >= 0.6 is 15.9 Å². The molecule has 4 rings (SSSR count). The molecule has 0 spiro atoms. The Morgan fingerprint density at radius 3 is 2.07 bits per heavy atom. The van der Waals surface area contributed by atoms with Crippen LogP contribution < -0.4 is 9.62 Å². The average molecular weight is 695 g/mol. The number of hydrogen-bond donors (Lipinski definition) is 1. The van der Waals surface area contributed by atoms with Crippen LogP contribution in [0.4, 0.5) is 10.1 Å². The maximum Gasteiger partial charge on any atom is 0.264 e. The molecule has 1 N–H and O–H groups in total. The van der Waals surface area contributed by atoms with Gasteiger partial charge in [-0.2, -0.15) is 0 Å². The van der Waals surface area contributed by atoms with Gasteiger partial charge < -0.3 is 10.2 Å². The number of nitrogens with zero attached hydrogens (tertiary/aromatic N) is 2. The normalized spacial score (nSPS) is 12.3. The first-order valence-electron chi connectivity index (χ1n) is 14.5. The lowest BCUT2D eigenvalue weighted by molar-refractivity contribution is -0.140. The molecule has 1 atom stereocenters. The van der Waals surface area contributed by atoms with E-state index in [0.29, 0.717) is 0 Å². The van der Waals surface area contributed by atoms with Gasteiger partial charge in [0.1, 0.15) is 18.4 Å². The Balaban J connectivity index is 1.82. The van der Waals surface area contributed by atoms with Crippen molar-refractivity contribution in [1.29, 1.82) is 0 Å². The highest BCUT2D eigenvalue weighted by atomic mass is 79.9. The van der Waals surface area contributed by atoms with Crippen LogP contribution in [0.15, 0.2) is 112 Å². The summed E-state index contributed by atoms with van der Waals surface area (Å²) in [6.45, 7) is 6.47. The molecular formula is C35H37BrFN3O4S. The van der Waals surface area contributed by atoms with E-state index in [1.165, 1.54) is 23.1 Å². The Kier molecular flexibility index (Phi) is 10.8. The second-order valence-corrected chi connectivity index (χ2v) is 14.6. The molecule has 0 unspecified atom stereocenters. The van der Waals surface area contributed by atoms with Crippen molar-refractivity contribution >= 4 is 43.5 Å². The molecule has 0 radical (unpaired) electrons. The van der Waals surface area contributed by atoms with Gasteiger partial charge in [0.2, 0.25) is 11.8 Å². The van der Waals surface area contributed by atoms with E-state index in [2.05, 4.69) is 21.2 Å². The first-order valence-corrected chi connectivity index (χ1v) is 16.7. The van der Waals surface area contributed by atoms with Crippen molar-refractivity contribution in [3.05, 3.63) is 130 Å². The standard InChI is InChI=1S/C35H37BrFN3O4S/c1-25-14-20-30(21-15-25)45(43,44)40(29-18-16-28(36)17-19-29)24-33(41)39(23-27-12-8-9-13-31(27)37)32(34(42)38-35(2,3)4)22-26-10-6-5-7-11-26/h5-21,32H,22-24H2,1-4H3,(H,38,42)/t32-/m0/s1. The number of carbonyl (C=O) groups excluding carboxylic acids is 2. The van der Waals surface area contributed by atoms with Crippen LogP contribution in [0, 0.1) is 12.7 Å². The maximum absolute atomic E-state index is 15.0. The van der Waals surface area contributed by atoms with Crippen LogP contribution in [0.2, 0.25) is 0 Å². The summed E-state index contributed by atoms with van der Waals surface area (Å²) in [5.74, 6) is -1.64. The molecule has 4 aromatic carbocycles. The van der Waals surface area contributed by atoms with E-state index in [4.69, 9.17) is 0 Å². The molecule has 0 fully saturated rings. The molecule has 2 amide bonds. The van der Waals surface area contributed by atoms with Gasteiger partial charge in [-0.15, -0.1) is 0 Å². The van der Waals surface area contributed by atoms with Crippen molar-refractivity contribution < 1.29 is 22.4 Å². The zero-order chi connectivity index (χ0) is 32.8. The number of nitrogens with one attached hydrogen (secondary N) is 1. The highest BCUT2D eigenvalue weighted by Crippen LogP contribution is 2.27. The van der Waals surface area contributed by atoms with E-state index >= 15 is 4.39 Å². The monoisotopic (exact) mass is 693 g/mol. The lowest BCUT2D eigenvalue weighted by Gasteiger charge is -2.35. The molecule has 236 valence electrons. The number of carbonyl (C=O) groups is 2. The zero-order valence-electron chi connectivity index (χ0n) is 25.7. The third-order valence-electron chi connectivity index (χ3n) is 7.07. The summed E-state index contributed by atoms with van der Waals surface area (Å²) in [7, 11) is -4.23. The molecule has 4 aromatic rings. The van der Waals surface area contributed by atoms with E-state index in [9.17, 15) is 18.0 Å². The van der Waals surface area contributed by atoms with Gasteiger partial charge in [-0.1, -0.05) is 82.2 Å². The Morgan fingerprint density at radius 1 is 0.867 bits per heavy atom. The van der Waals surface area contributed by atoms with Crippen molar-refractivity contribution in [3.8, 4) is 0 Å². The molecule has 0 aliphatic rings. The zero-order valence-corrected chi connectivity index (χ0v) is 28.1. The lowest BCUT2D eigenvalue weighted by atomic mass is 10.0. The van der Waals surface area contributed by atoms with Crippen molar-refractivity contribution in [2.75, 3.05) is 10.8 Å². The number of sulfonamides is 1. The molecule has 0 saturated heterocycles. The fourth-order valence-electron chi connectivity index (χ4n) is 4.79. The molecular weight excluding hydrogens is 657 g/mol.